The molecule has 0 amide bonds. The van der Waals surface area contributed by atoms with Crippen LogP contribution in [0.3, 0.4) is 0 Å². The fourth-order valence-electron chi connectivity index (χ4n) is 1.71. The van der Waals surface area contributed by atoms with Crippen LogP contribution in [0.15, 0.2) is 34.8 Å². The first-order chi connectivity index (χ1) is 7.33. The zero-order valence-corrected chi connectivity index (χ0v) is 9.79. The van der Waals surface area contributed by atoms with Gasteiger partial charge in [0, 0.05) is 21.6 Å². The van der Waals surface area contributed by atoms with E-state index >= 15 is 0 Å². The van der Waals surface area contributed by atoms with Crippen molar-refractivity contribution in [1.29, 1.82) is 0 Å². The Morgan fingerprint density at radius 1 is 1.20 bits per heavy atom. The number of hydrogen-bond acceptors (Lipinski definition) is 1. The number of nitrogens with zero attached hydrogens (tertiary/aromatic N) is 1. The van der Waals surface area contributed by atoms with Crippen LogP contribution in [0.2, 0.25) is 0 Å². The highest BCUT2D eigenvalue weighted by molar-refractivity contribution is 9.10. The van der Waals surface area contributed by atoms with E-state index in [0.29, 0.717) is 0 Å². The number of H-pyrrole nitrogens is 1. The van der Waals surface area contributed by atoms with Crippen molar-refractivity contribution in [3.8, 4) is 11.3 Å². The van der Waals surface area contributed by atoms with Crippen LogP contribution >= 0.6 is 15.9 Å². The molecule has 0 radical (unpaired) electrons. The van der Waals surface area contributed by atoms with Crippen molar-refractivity contribution in [2.24, 2.45) is 0 Å². The Morgan fingerprint density at radius 2 is 1.93 bits per heavy atom. The van der Waals surface area contributed by atoms with Crippen LogP contribution in [-0.2, 0) is 0 Å². The van der Waals surface area contributed by atoms with Crippen LogP contribution in [0, 0.1) is 0 Å². The van der Waals surface area contributed by atoms with E-state index < -0.39 is 0 Å². The number of nitrogens with one attached hydrogen (secondary N) is 1. The molecule has 2 nitrogen and oxygen atoms in total. The smallest absolute Gasteiger partial charge is 0.0923 e. The second-order valence-corrected chi connectivity index (χ2v) is 4.91. The number of hydrogen-bond donors (Lipinski definition) is 1. The van der Waals surface area contributed by atoms with Gasteiger partial charge in [0.05, 0.1) is 5.69 Å². The molecular weight excluding hydrogens is 252 g/mol. The second-order valence-electron chi connectivity index (χ2n) is 3.99. The molecule has 3 heteroatoms. The van der Waals surface area contributed by atoms with Crippen molar-refractivity contribution in [2.75, 3.05) is 0 Å². The summed E-state index contributed by atoms with van der Waals surface area (Å²) in [6.45, 7) is 0. The molecule has 0 spiro atoms. The Bertz CT molecular complexity index is 469. The summed E-state index contributed by atoms with van der Waals surface area (Å²) in [5.41, 5.74) is 3.50. The number of aromatic amines is 1. The normalized spacial score (nSPS) is 15.5. The molecule has 3 rings (SSSR count). The van der Waals surface area contributed by atoms with Gasteiger partial charge in [-0.1, -0.05) is 28.1 Å². The molecule has 1 saturated carbocycles. The molecule has 1 heterocycles. The van der Waals surface area contributed by atoms with Crippen LogP contribution in [0.4, 0.5) is 0 Å². The highest BCUT2D eigenvalue weighted by atomic mass is 79.9. The summed E-state index contributed by atoms with van der Waals surface area (Å²) in [6, 6.07) is 10.4. The van der Waals surface area contributed by atoms with Crippen molar-refractivity contribution in [2.45, 2.75) is 18.8 Å². The first kappa shape index (κ1) is 9.16. The van der Waals surface area contributed by atoms with Crippen LogP contribution in [0.25, 0.3) is 11.3 Å². The quantitative estimate of drug-likeness (QED) is 0.878. The molecule has 1 aromatic carbocycles. The van der Waals surface area contributed by atoms with E-state index in [0.717, 1.165) is 16.1 Å². The minimum Gasteiger partial charge on any atom is -0.282 e. The van der Waals surface area contributed by atoms with Crippen molar-refractivity contribution < 1.29 is 0 Å². The summed E-state index contributed by atoms with van der Waals surface area (Å²) in [4.78, 5) is 0. The lowest BCUT2D eigenvalue weighted by atomic mass is 10.1. The number of halogens is 1. The summed E-state index contributed by atoms with van der Waals surface area (Å²) < 4.78 is 1.10. The van der Waals surface area contributed by atoms with Gasteiger partial charge in [-0.05, 0) is 31.0 Å². The number of rotatable bonds is 2. The first-order valence-electron chi connectivity index (χ1n) is 5.14. The molecule has 1 N–H and O–H groups in total. The molecule has 2 aromatic rings. The molecule has 0 unspecified atom stereocenters. The van der Waals surface area contributed by atoms with E-state index in [-0.39, 0.29) is 0 Å². The summed E-state index contributed by atoms with van der Waals surface area (Å²) in [7, 11) is 0. The van der Waals surface area contributed by atoms with Gasteiger partial charge in [0.1, 0.15) is 0 Å². The summed E-state index contributed by atoms with van der Waals surface area (Å²) in [5, 5.41) is 7.46. The molecule has 76 valence electrons. The second kappa shape index (κ2) is 3.49. The van der Waals surface area contributed by atoms with E-state index in [1.165, 1.54) is 24.1 Å². The molecule has 0 bridgehead atoms. The van der Waals surface area contributed by atoms with Gasteiger partial charge in [-0.2, -0.15) is 5.10 Å². The number of benzene rings is 1. The lowest BCUT2D eigenvalue weighted by Crippen LogP contribution is -1.77. The minimum atomic E-state index is 0.738. The number of aromatic nitrogens is 2. The predicted octanol–water partition coefficient (Wildman–Crippen LogP) is 3.72. The standard InChI is InChI=1S/C12H11BrN2/c13-10-5-3-9(4-6-10)12-7-11(14-15-12)8-1-2-8/h3-8H,1-2H2,(H,14,15). The Hall–Kier alpha value is -1.09. The zero-order valence-electron chi connectivity index (χ0n) is 8.20. The minimum absolute atomic E-state index is 0.738. The fourth-order valence-corrected chi connectivity index (χ4v) is 1.97. The zero-order chi connectivity index (χ0) is 10.3. The maximum absolute atomic E-state index is 4.34. The highest BCUT2D eigenvalue weighted by Crippen LogP contribution is 2.39. The van der Waals surface area contributed by atoms with Gasteiger partial charge in [-0.15, -0.1) is 0 Å². The molecule has 0 aliphatic heterocycles. The van der Waals surface area contributed by atoms with E-state index in [1.807, 2.05) is 12.1 Å². The van der Waals surface area contributed by atoms with Gasteiger partial charge in [-0.3, -0.25) is 5.10 Å². The summed E-state index contributed by atoms with van der Waals surface area (Å²) in [6.07, 6.45) is 2.62. The largest absolute Gasteiger partial charge is 0.282 e. The van der Waals surface area contributed by atoms with Gasteiger partial charge >= 0.3 is 0 Å². The van der Waals surface area contributed by atoms with Crippen LogP contribution < -0.4 is 0 Å². The lowest BCUT2D eigenvalue weighted by Gasteiger charge is -1.95. The van der Waals surface area contributed by atoms with Gasteiger partial charge in [0.25, 0.3) is 0 Å². The Morgan fingerprint density at radius 3 is 2.60 bits per heavy atom. The Labute approximate surface area is 96.8 Å². The van der Waals surface area contributed by atoms with E-state index in [2.05, 4.69) is 44.3 Å². The molecule has 1 aliphatic rings. The van der Waals surface area contributed by atoms with Crippen LogP contribution in [0.5, 0.6) is 0 Å². The maximum atomic E-state index is 4.34. The third-order valence-electron chi connectivity index (χ3n) is 2.75. The van der Waals surface area contributed by atoms with E-state index in [1.54, 1.807) is 0 Å². The van der Waals surface area contributed by atoms with E-state index in [9.17, 15) is 0 Å². The molecule has 1 aliphatic carbocycles. The fraction of sp³-hybridized carbons (Fsp3) is 0.250. The molecule has 1 aromatic heterocycles. The average molecular weight is 263 g/mol. The molecule has 0 atom stereocenters. The van der Waals surface area contributed by atoms with Crippen molar-refractivity contribution in [3.63, 3.8) is 0 Å². The van der Waals surface area contributed by atoms with Gasteiger partial charge in [0.15, 0.2) is 0 Å². The Balaban J connectivity index is 1.93. The molecule has 0 saturated heterocycles. The average Bonchev–Trinajstić information content (AvgIpc) is 2.99. The molecular formula is C12H11BrN2. The molecule has 1 fully saturated rings. The monoisotopic (exact) mass is 262 g/mol. The maximum Gasteiger partial charge on any atom is 0.0923 e. The summed E-state index contributed by atoms with van der Waals surface area (Å²) in [5.74, 6) is 0.738. The van der Waals surface area contributed by atoms with E-state index in [4.69, 9.17) is 0 Å². The first-order valence-corrected chi connectivity index (χ1v) is 5.93. The SMILES string of the molecule is Brc1ccc(-c2cc(C3CC3)[nH]n2)cc1. The topological polar surface area (TPSA) is 28.7 Å². The van der Waals surface area contributed by atoms with Crippen molar-refractivity contribution in [3.05, 3.63) is 40.5 Å². The third kappa shape index (κ3) is 1.84. The van der Waals surface area contributed by atoms with Gasteiger partial charge in [-0.25, -0.2) is 0 Å². The summed E-state index contributed by atoms with van der Waals surface area (Å²) >= 11 is 3.43. The van der Waals surface area contributed by atoms with Crippen LogP contribution in [-0.4, -0.2) is 10.2 Å². The Kier molecular flexibility index (Phi) is 2.13. The van der Waals surface area contributed by atoms with Gasteiger partial charge < -0.3 is 0 Å². The van der Waals surface area contributed by atoms with Gasteiger partial charge in [0.2, 0.25) is 0 Å². The highest BCUT2D eigenvalue weighted by Gasteiger charge is 2.25. The van der Waals surface area contributed by atoms with Crippen molar-refractivity contribution >= 4 is 15.9 Å². The molecule has 15 heavy (non-hydrogen) atoms. The van der Waals surface area contributed by atoms with Crippen molar-refractivity contribution in [1.82, 2.24) is 10.2 Å². The van der Waals surface area contributed by atoms with Crippen LogP contribution in [0.1, 0.15) is 24.5 Å². The third-order valence-corrected chi connectivity index (χ3v) is 3.28. The lowest BCUT2D eigenvalue weighted by molar-refractivity contribution is 0.967. The predicted molar refractivity (Wildman–Crippen MR) is 63.7 cm³/mol.